The number of hydrogen-bond donors (Lipinski definition) is 4. The van der Waals surface area contributed by atoms with Crippen LogP contribution in [0.3, 0.4) is 0 Å². The van der Waals surface area contributed by atoms with Crippen LogP contribution in [0.4, 0.5) is 37.2 Å². The largest absolute Gasteiger partial charge is 0.495 e. The third-order valence-electron chi connectivity index (χ3n) is 23.3. The van der Waals surface area contributed by atoms with E-state index in [1.807, 2.05) is 110 Å². The first kappa shape index (κ1) is 89.0. The van der Waals surface area contributed by atoms with Gasteiger partial charge in [-0.15, -0.1) is 0 Å². The Bertz CT molecular complexity index is 6700. The summed E-state index contributed by atoms with van der Waals surface area (Å²) in [4.78, 5) is 112. The molecule has 0 bridgehead atoms. The van der Waals surface area contributed by atoms with Gasteiger partial charge in [0.05, 0.1) is 97.2 Å². The molecule has 34 heteroatoms. The van der Waals surface area contributed by atoms with Crippen molar-refractivity contribution in [3.05, 3.63) is 283 Å². The highest BCUT2D eigenvalue weighted by Crippen LogP contribution is 2.31. The summed E-state index contributed by atoms with van der Waals surface area (Å²) in [5.41, 5.74) is 13.2. The predicted octanol–water partition coefficient (Wildman–Crippen LogP) is 9.43. The number of halogens is 2. The molecule has 1 atom stereocenters. The number of pyridine rings is 8. The molecule has 0 radical (unpaired) electrons. The topological polar surface area (TPSA) is 315 Å². The van der Waals surface area contributed by atoms with Crippen LogP contribution in [-0.4, -0.2) is 239 Å². The third-order valence-corrected chi connectivity index (χ3v) is 23.3. The highest BCUT2D eigenvalue weighted by molar-refractivity contribution is 5.68. The molecule has 13 aromatic heterocycles. The Kier molecular flexibility index (Phi) is 28.1. The zero-order valence-electron chi connectivity index (χ0n) is 73.5. The molecule has 4 N–H and O–H groups in total. The van der Waals surface area contributed by atoms with Crippen molar-refractivity contribution >= 4 is 56.7 Å². The number of nitrogens with one attached hydrogen (secondary N) is 4. The van der Waals surface area contributed by atoms with Gasteiger partial charge in [0.15, 0.2) is 23.1 Å². The fourth-order valence-corrected chi connectivity index (χ4v) is 16.5. The maximum atomic E-state index is 14.1. The van der Waals surface area contributed by atoms with Crippen molar-refractivity contribution < 1.29 is 27.7 Å². The first-order valence-corrected chi connectivity index (χ1v) is 43.3. The number of methoxy groups -OCH3 is 4. The monoisotopic (exact) mass is 1760 g/mol. The van der Waals surface area contributed by atoms with E-state index >= 15 is 0 Å². The number of likely N-dealkylation sites (tertiary alicyclic amines) is 1. The molecular formula is C96H103F2N23O9. The highest BCUT2D eigenvalue weighted by Gasteiger charge is 2.24. The molecule has 0 unspecified atom stereocenters. The summed E-state index contributed by atoms with van der Waals surface area (Å²) in [5, 5.41) is 13.5. The van der Waals surface area contributed by atoms with Crippen LogP contribution in [0.1, 0.15) is 19.3 Å². The SMILES string of the molecule is COc1ccc(-c2cc(=O)n3cc(N4CCC(CN(C)C)CC4)ccc3n2)cc1F.COc1ccc(-c2cc(=O)n3cc(N[C@@H]4CCN(C)C4)ccc3n2)cc1F.COc1cccc(-c2cc(=O)n3cc(N4CCNCC4)ccc3n2)n1.COc1cncc(-c2cc(=O)n3cc(N4CCNCC4)ccc3n2)c1.O=c1cc(-c2cccnc2)nc2ccc(N3CCNCC3)cn12. The van der Waals surface area contributed by atoms with Crippen molar-refractivity contribution in [3.8, 4) is 79.5 Å². The summed E-state index contributed by atoms with van der Waals surface area (Å²) in [6.45, 7) is 16.5. The van der Waals surface area contributed by atoms with Crippen molar-refractivity contribution in [1.29, 1.82) is 0 Å². The predicted molar refractivity (Wildman–Crippen MR) is 502 cm³/mol. The zero-order valence-corrected chi connectivity index (χ0v) is 73.5. The number of aromatic nitrogens is 13. The Balaban J connectivity index is 0.000000119. The number of benzene rings is 2. The van der Waals surface area contributed by atoms with Crippen LogP contribution < -0.4 is 87.6 Å². The fraction of sp³-hybridized carbons (Fsp3) is 0.302. The van der Waals surface area contributed by atoms with Crippen molar-refractivity contribution in [2.75, 3.05) is 186 Å². The van der Waals surface area contributed by atoms with Crippen molar-refractivity contribution in [3.63, 3.8) is 0 Å². The van der Waals surface area contributed by atoms with Gasteiger partial charge >= 0.3 is 0 Å². The lowest BCUT2D eigenvalue weighted by Crippen LogP contribution is -2.43. The molecule has 0 amide bonds. The van der Waals surface area contributed by atoms with Crippen molar-refractivity contribution in [2.45, 2.75) is 25.3 Å². The number of fused-ring (bicyclic) bond motifs is 5. The first-order valence-electron chi connectivity index (χ1n) is 43.3. The summed E-state index contributed by atoms with van der Waals surface area (Å²) in [5.74, 6) is 1.19. The molecule has 32 nitrogen and oxygen atoms in total. The van der Waals surface area contributed by atoms with E-state index in [1.165, 1.54) is 67.2 Å². The molecule has 15 aromatic rings. The van der Waals surface area contributed by atoms with E-state index in [-0.39, 0.29) is 39.3 Å². The van der Waals surface area contributed by atoms with Crippen LogP contribution in [0.25, 0.3) is 84.7 Å². The molecule has 20 rings (SSSR count). The van der Waals surface area contributed by atoms with Gasteiger partial charge < -0.3 is 69.6 Å². The Morgan fingerprint density at radius 3 is 1.23 bits per heavy atom. The Labute approximate surface area is 747 Å². The molecule has 130 heavy (non-hydrogen) atoms. The van der Waals surface area contributed by atoms with Crippen molar-refractivity contribution in [1.82, 2.24) is 87.6 Å². The number of piperazine rings is 3. The van der Waals surface area contributed by atoms with E-state index in [0.717, 1.165) is 170 Å². The van der Waals surface area contributed by atoms with E-state index in [9.17, 15) is 32.8 Å². The highest BCUT2D eigenvalue weighted by atomic mass is 19.1. The van der Waals surface area contributed by atoms with Crippen LogP contribution >= 0.6 is 0 Å². The molecule has 5 aliphatic rings. The van der Waals surface area contributed by atoms with E-state index in [1.54, 1.807) is 93.1 Å². The zero-order chi connectivity index (χ0) is 90.3. The molecule has 5 fully saturated rings. The summed E-state index contributed by atoms with van der Waals surface area (Å²) in [7, 11) is 12.3. The number of nitrogens with zero attached hydrogens (tertiary/aromatic N) is 19. The first-order chi connectivity index (χ1) is 63.3. The second-order valence-corrected chi connectivity index (χ2v) is 32.4. The van der Waals surface area contributed by atoms with Crippen LogP contribution in [0.2, 0.25) is 0 Å². The second-order valence-electron chi connectivity index (χ2n) is 32.4. The molecule has 670 valence electrons. The lowest BCUT2D eigenvalue weighted by molar-refractivity contribution is 0.285. The normalized spacial score (nSPS) is 15.4. The average molecular weight is 1760 g/mol. The number of likely N-dealkylation sites (N-methyl/N-ethyl adjacent to an activating group) is 1. The molecule has 0 aliphatic carbocycles. The van der Waals surface area contributed by atoms with Crippen LogP contribution in [0.5, 0.6) is 23.1 Å². The summed E-state index contributed by atoms with van der Waals surface area (Å²) >= 11 is 0. The fourth-order valence-electron chi connectivity index (χ4n) is 16.5. The van der Waals surface area contributed by atoms with Gasteiger partial charge in [-0.05, 0) is 174 Å². The minimum atomic E-state index is -0.488. The van der Waals surface area contributed by atoms with Gasteiger partial charge in [0, 0.05) is 219 Å². The van der Waals surface area contributed by atoms with Gasteiger partial charge in [0.25, 0.3) is 27.8 Å². The lowest BCUT2D eigenvalue weighted by Gasteiger charge is -2.34. The summed E-state index contributed by atoms with van der Waals surface area (Å²) < 4.78 is 56.1. The van der Waals surface area contributed by atoms with E-state index in [0.29, 0.717) is 97.1 Å². The van der Waals surface area contributed by atoms with Crippen LogP contribution in [0, 0.1) is 17.6 Å². The Hall–Kier alpha value is -14.5. The number of rotatable bonds is 17. The summed E-state index contributed by atoms with van der Waals surface area (Å²) in [6, 6.07) is 47.2. The number of ether oxygens (including phenoxy) is 4. The van der Waals surface area contributed by atoms with Gasteiger partial charge in [0.1, 0.15) is 34.0 Å². The molecular weight excluding hydrogens is 1660 g/mol. The van der Waals surface area contributed by atoms with Gasteiger partial charge in [-0.1, -0.05) is 6.07 Å². The van der Waals surface area contributed by atoms with Gasteiger partial charge in [-0.25, -0.2) is 38.7 Å². The molecule has 2 aromatic carbocycles. The smallest absolute Gasteiger partial charge is 0.258 e. The maximum absolute atomic E-state index is 14.1. The molecule has 18 heterocycles. The standard InChI is InChI=1S/C23H27FN4O2.C20H21FN4O2.2C18H19N5O2.C17H17N5O/c1-26(2)14-16-8-10-27(11-9-16)18-5-7-22-25-20(13-23(29)28(22)15-18)17-4-6-21(30-3)19(24)12-17;1-24-8-7-15(11-24)22-14-4-6-19-23-17(10-20(26)25(19)12-14)13-3-5-18(27-2)16(21)9-13;1-25-15-8-13(10-20-11-15)16-9-18(24)23-12-14(2-3-17(23)21-16)22-6-4-19-5-7-22;1-25-17-4-2-3-14(21-17)15-11-18(24)23-12-13(5-6-16(23)20-15)22-9-7-19-8-10-22;23-17-10-15(13-2-1-5-19-11-13)20-16-4-3-14(12-22(16)17)21-8-6-18-7-9-21/h4-7,12-13,15-16H,8-11,14H2,1-3H3;3-6,9-10,12,15,22H,7-8,11H2,1-2H3;2-3,8-12,19H,4-7H2,1H3;2-6,11-12,19H,7-10H2,1H3;1-5,10-12,18H,6-9H2/t;15-;;;/m.1.../s1. The van der Waals surface area contributed by atoms with Crippen LogP contribution in [-0.2, 0) is 0 Å². The van der Waals surface area contributed by atoms with Crippen LogP contribution in [0.15, 0.2) is 244 Å². The second kappa shape index (κ2) is 41.1. The molecule has 5 saturated heterocycles. The van der Waals surface area contributed by atoms with E-state index in [2.05, 4.69) is 112 Å². The van der Waals surface area contributed by atoms with Gasteiger partial charge in [-0.3, -0.25) is 55.9 Å². The van der Waals surface area contributed by atoms with Gasteiger partial charge in [0.2, 0.25) is 5.88 Å². The lowest BCUT2D eigenvalue weighted by atomic mass is 9.96. The number of piperidine rings is 1. The number of anilines is 5. The average Bonchev–Trinajstić information content (AvgIpc) is 1.10. The molecule has 0 spiro atoms. The third kappa shape index (κ3) is 21.4. The molecule has 0 saturated carbocycles. The molecule has 5 aliphatic heterocycles. The van der Waals surface area contributed by atoms with E-state index < -0.39 is 11.6 Å². The Morgan fingerprint density at radius 2 is 0.815 bits per heavy atom. The number of hydrogen-bond acceptors (Lipinski definition) is 27. The quantitative estimate of drug-likeness (QED) is 0.0659. The van der Waals surface area contributed by atoms with Crippen molar-refractivity contribution in [2.24, 2.45) is 5.92 Å². The van der Waals surface area contributed by atoms with Gasteiger partial charge in [-0.2, -0.15) is 0 Å². The summed E-state index contributed by atoms with van der Waals surface area (Å²) in [6.07, 6.45) is 19.3. The van der Waals surface area contributed by atoms with E-state index in [4.69, 9.17) is 18.9 Å². The minimum Gasteiger partial charge on any atom is -0.495 e. The minimum absolute atomic E-state index is 0.0779. The Morgan fingerprint density at radius 1 is 0.392 bits per heavy atom. The maximum Gasteiger partial charge on any atom is 0.258 e.